The van der Waals surface area contributed by atoms with Gasteiger partial charge in [0, 0.05) is 38.4 Å². The lowest BCUT2D eigenvalue weighted by molar-refractivity contribution is -0.144. The van der Waals surface area contributed by atoms with Gasteiger partial charge in [-0.3, -0.25) is 24.1 Å². The summed E-state index contributed by atoms with van der Waals surface area (Å²) in [5.74, 6) is -1.79. The SMILES string of the molecule is CCCC(=O)N1[C@H](Cc2ccccc2)C(=O)N(c2ccc(CC(NC(=O)C3(CCNC(C)=O)CCCC3)C(=O)O)cc2)[C@@H]1CCc1ccccc1. The standard InChI is InChI=1S/C41H50N4O6/c1-3-12-37(47)45-35(28-31-15-8-5-9-16-31)38(48)44(36(45)22-19-30-13-6-4-7-14-30)33-20-17-32(18-21-33)27-34(39(49)50)43-40(51)41(23-10-11-24-41)25-26-42-29(2)46/h4-9,13-18,20-21,34-36H,3,10-12,19,22-28H2,1-2H3,(H,42,46)(H,43,51)(H,49,50)/t34?,35-,36+/m1/s1. The van der Waals surface area contributed by atoms with E-state index in [9.17, 15) is 29.1 Å². The summed E-state index contributed by atoms with van der Waals surface area (Å²) < 4.78 is 0. The van der Waals surface area contributed by atoms with Gasteiger partial charge in [-0.25, -0.2) is 4.79 Å². The fraction of sp³-hybridized carbons (Fsp3) is 0.439. The van der Waals surface area contributed by atoms with Gasteiger partial charge in [-0.15, -0.1) is 0 Å². The van der Waals surface area contributed by atoms with E-state index >= 15 is 0 Å². The molecule has 4 amide bonds. The lowest BCUT2D eigenvalue weighted by Crippen LogP contribution is -2.49. The number of carbonyl (C=O) groups is 5. The van der Waals surface area contributed by atoms with Gasteiger partial charge in [-0.05, 0) is 67.3 Å². The normalized spacial score (nSPS) is 18.7. The Morgan fingerprint density at radius 2 is 1.51 bits per heavy atom. The van der Waals surface area contributed by atoms with Gasteiger partial charge in [0.05, 0.1) is 5.41 Å². The molecule has 3 aromatic carbocycles. The van der Waals surface area contributed by atoms with Gasteiger partial charge >= 0.3 is 5.97 Å². The molecule has 2 aliphatic rings. The van der Waals surface area contributed by atoms with Gasteiger partial charge in [0.15, 0.2) is 0 Å². The molecule has 1 aliphatic heterocycles. The summed E-state index contributed by atoms with van der Waals surface area (Å²) in [6.07, 6.45) is 5.70. The Kier molecular flexibility index (Phi) is 12.6. The van der Waals surface area contributed by atoms with E-state index in [1.165, 1.54) is 6.92 Å². The van der Waals surface area contributed by atoms with Gasteiger partial charge in [0.25, 0.3) is 5.91 Å². The monoisotopic (exact) mass is 694 g/mol. The molecule has 3 atom stereocenters. The van der Waals surface area contributed by atoms with E-state index in [1.807, 2.05) is 79.7 Å². The minimum absolute atomic E-state index is 0.0545. The van der Waals surface area contributed by atoms with Crippen LogP contribution in [0.25, 0.3) is 0 Å². The number of carboxylic acid groups (broad SMARTS) is 1. The molecular formula is C41H50N4O6. The Bertz CT molecular complexity index is 1660. The Hall–Kier alpha value is -4.99. The zero-order valence-electron chi connectivity index (χ0n) is 29.7. The minimum Gasteiger partial charge on any atom is -0.480 e. The number of hydrogen-bond donors (Lipinski definition) is 3. The average Bonchev–Trinajstić information content (AvgIpc) is 3.71. The van der Waals surface area contributed by atoms with E-state index < -0.39 is 29.6 Å². The number of carbonyl (C=O) groups excluding carboxylic acids is 4. The third kappa shape index (κ3) is 9.22. The molecule has 1 saturated carbocycles. The molecule has 2 fully saturated rings. The van der Waals surface area contributed by atoms with Crippen molar-refractivity contribution in [3.8, 4) is 0 Å². The summed E-state index contributed by atoms with van der Waals surface area (Å²) in [6, 6.07) is 25.2. The molecule has 10 nitrogen and oxygen atoms in total. The first-order valence-corrected chi connectivity index (χ1v) is 18.2. The van der Waals surface area contributed by atoms with Crippen molar-refractivity contribution in [2.24, 2.45) is 5.41 Å². The van der Waals surface area contributed by atoms with Gasteiger partial charge in [0.1, 0.15) is 18.2 Å². The van der Waals surface area contributed by atoms with Crippen LogP contribution in [0.5, 0.6) is 0 Å². The number of aryl methyl sites for hydroxylation is 1. The molecule has 5 rings (SSSR count). The van der Waals surface area contributed by atoms with Crippen molar-refractivity contribution < 1.29 is 29.1 Å². The van der Waals surface area contributed by atoms with Crippen LogP contribution in [0.2, 0.25) is 0 Å². The predicted molar refractivity (Wildman–Crippen MR) is 196 cm³/mol. The largest absolute Gasteiger partial charge is 0.480 e. The fourth-order valence-corrected chi connectivity index (χ4v) is 7.63. The predicted octanol–water partition coefficient (Wildman–Crippen LogP) is 5.43. The first kappa shape index (κ1) is 37.3. The van der Waals surface area contributed by atoms with Crippen LogP contribution in [-0.4, -0.2) is 64.4 Å². The molecular weight excluding hydrogens is 644 g/mol. The Morgan fingerprint density at radius 3 is 2.10 bits per heavy atom. The molecule has 0 aromatic heterocycles. The van der Waals surface area contributed by atoms with Crippen LogP contribution in [0.1, 0.15) is 81.9 Å². The first-order chi connectivity index (χ1) is 24.6. The summed E-state index contributed by atoms with van der Waals surface area (Å²) in [5.41, 5.74) is 2.71. The van der Waals surface area contributed by atoms with E-state index in [4.69, 9.17) is 0 Å². The Labute approximate surface area is 300 Å². The topological polar surface area (TPSA) is 136 Å². The summed E-state index contributed by atoms with van der Waals surface area (Å²) in [4.78, 5) is 69.0. The highest BCUT2D eigenvalue weighted by Gasteiger charge is 2.48. The number of hydrogen-bond acceptors (Lipinski definition) is 5. The van der Waals surface area contributed by atoms with E-state index in [-0.39, 0.29) is 30.0 Å². The molecule has 270 valence electrons. The summed E-state index contributed by atoms with van der Waals surface area (Å²) in [6.45, 7) is 3.75. The molecule has 51 heavy (non-hydrogen) atoms. The quantitative estimate of drug-likeness (QED) is 0.183. The highest BCUT2D eigenvalue weighted by atomic mass is 16.4. The van der Waals surface area contributed by atoms with E-state index in [0.29, 0.717) is 69.2 Å². The number of aliphatic carboxylic acids is 1. The maximum absolute atomic E-state index is 14.4. The summed E-state index contributed by atoms with van der Waals surface area (Å²) in [5, 5.41) is 15.7. The van der Waals surface area contributed by atoms with Crippen LogP contribution in [-0.2, 0) is 43.2 Å². The highest BCUT2D eigenvalue weighted by Crippen LogP contribution is 2.41. The third-order valence-electron chi connectivity index (χ3n) is 10.3. The van der Waals surface area contributed by atoms with Crippen molar-refractivity contribution in [2.45, 2.75) is 103 Å². The molecule has 3 N–H and O–H groups in total. The molecule has 0 radical (unpaired) electrons. The van der Waals surface area contributed by atoms with Crippen molar-refractivity contribution in [3.05, 3.63) is 102 Å². The summed E-state index contributed by atoms with van der Waals surface area (Å²) in [7, 11) is 0. The van der Waals surface area contributed by atoms with Crippen molar-refractivity contribution >= 4 is 35.3 Å². The number of nitrogens with zero attached hydrogens (tertiary/aromatic N) is 2. The number of rotatable bonds is 16. The maximum atomic E-state index is 14.4. The second-order valence-corrected chi connectivity index (χ2v) is 13.9. The molecule has 1 saturated heterocycles. The van der Waals surface area contributed by atoms with Gasteiger partial charge in [-0.2, -0.15) is 0 Å². The van der Waals surface area contributed by atoms with Crippen molar-refractivity contribution in [1.29, 1.82) is 0 Å². The maximum Gasteiger partial charge on any atom is 0.326 e. The van der Waals surface area contributed by atoms with Crippen molar-refractivity contribution in [3.63, 3.8) is 0 Å². The van der Waals surface area contributed by atoms with Gasteiger partial charge in [-0.1, -0.05) is 92.6 Å². The van der Waals surface area contributed by atoms with Crippen LogP contribution in [0.4, 0.5) is 5.69 Å². The third-order valence-corrected chi connectivity index (χ3v) is 10.3. The molecule has 1 heterocycles. The Morgan fingerprint density at radius 1 is 0.882 bits per heavy atom. The van der Waals surface area contributed by atoms with Crippen LogP contribution in [0.3, 0.4) is 0 Å². The average molecular weight is 695 g/mol. The lowest BCUT2D eigenvalue weighted by atomic mass is 9.81. The molecule has 1 aliphatic carbocycles. The Balaban J connectivity index is 1.38. The fourth-order valence-electron chi connectivity index (χ4n) is 7.63. The van der Waals surface area contributed by atoms with Gasteiger partial charge in [0.2, 0.25) is 17.7 Å². The zero-order valence-corrected chi connectivity index (χ0v) is 29.7. The van der Waals surface area contributed by atoms with E-state index in [2.05, 4.69) is 10.6 Å². The van der Waals surface area contributed by atoms with E-state index in [0.717, 1.165) is 24.0 Å². The van der Waals surface area contributed by atoms with Crippen LogP contribution < -0.4 is 15.5 Å². The van der Waals surface area contributed by atoms with Crippen LogP contribution in [0, 0.1) is 5.41 Å². The molecule has 1 unspecified atom stereocenters. The van der Waals surface area contributed by atoms with Crippen LogP contribution in [0.15, 0.2) is 84.9 Å². The smallest absolute Gasteiger partial charge is 0.326 e. The number of benzene rings is 3. The van der Waals surface area contributed by atoms with E-state index in [1.54, 1.807) is 21.9 Å². The number of nitrogens with one attached hydrogen (secondary N) is 2. The van der Waals surface area contributed by atoms with Crippen LogP contribution >= 0.6 is 0 Å². The van der Waals surface area contributed by atoms with Crippen molar-refractivity contribution in [2.75, 3.05) is 11.4 Å². The van der Waals surface area contributed by atoms with Crippen molar-refractivity contribution in [1.82, 2.24) is 15.5 Å². The van der Waals surface area contributed by atoms with Gasteiger partial charge < -0.3 is 20.6 Å². The summed E-state index contributed by atoms with van der Waals surface area (Å²) >= 11 is 0. The second kappa shape index (κ2) is 17.3. The molecule has 3 aromatic rings. The zero-order chi connectivity index (χ0) is 36.4. The number of amides is 4. The first-order valence-electron chi connectivity index (χ1n) is 18.2. The lowest BCUT2D eigenvalue weighted by Gasteiger charge is -2.32. The minimum atomic E-state index is -1.15. The second-order valence-electron chi connectivity index (χ2n) is 13.9. The molecule has 0 spiro atoms. The molecule has 0 bridgehead atoms. The highest BCUT2D eigenvalue weighted by molar-refractivity contribution is 6.03. The number of anilines is 1. The number of carboxylic acids is 1. The molecule has 10 heteroatoms.